The van der Waals surface area contributed by atoms with Crippen LogP contribution < -0.4 is 10.9 Å². The lowest BCUT2D eigenvalue weighted by molar-refractivity contribution is -0.121. The van der Waals surface area contributed by atoms with Crippen LogP contribution in [0.1, 0.15) is 5.76 Å². The smallest absolute Gasteiger partial charge is 0.262 e. The summed E-state index contributed by atoms with van der Waals surface area (Å²) in [5.41, 5.74) is 0.711. The monoisotopic (exact) mass is 422 g/mol. The topological polar surface area (TPSA) is 90.0 Å². The highest BCUT2D eigenvalue weighted by molar-refractivity contribution is 7.21. The largest absolute Gasteiger partial charge is 0.457 e. The molecular formula is C20H14N4O3S2. The van der Waals surface area contributed by atoms with Crippen LogP contribution in [0.3, 0.4) is 0 Å². The van der Waals surface area contributed by atoms with E-state index in [0.717, 1.165) is 15.2 Å². The minimum atomic E-state index is -0.290. The van der Waals surface area contributed by atoms with E-state index in [1.54, 1.807) is 17.4 Å². The van der Waals surface area contributed by atoms with Crippen molar-refractivity contribution in [2.45, 2.75) is 13.1 Å². The quantitative estimate of drug-likeness (QED) is 0.467. The summed E-state index contributed by atoms with van der Waals surface area (Å²) in [6.07, 6.45) is 1.40. The zero-order chi connectivity index (χ0) is 19.8. The molecule has 7 nitrogen and oxygen atoms in total. The second-order valence-electron chi connectivity index (χ2n) is 6.35. The molecule has 4 heterocycles. The number of benzene rings is 1. The van der Waals surface area contributed by atoms with Crippen LogP contribution in [0.2, 0.25) is 0 Å². The van der Waals surface area contributed by atoms with Gasteiger partial charge in [0.2, 0.25) is 5.91 Å². The van der Waals surface area contributed by atoms with Gasteiger partial charge < -0.3 is 9.73 Å². The summed E-state index contributed by atoms with van der Waals surface area (Å²) in [4.78, 5) is 34.1. The van der Waals surface area contributed by atoms with Gasteiger partial charge in [-0.15, -0.1) is 22.7 Å². The fourth-order valence-electron chi connectivity index (χ4n) is 2.97. The lowest BCUT2D eigenvalue weighted by Crippen LogP contribution is -2.31. The fraction of sp³-hybridized carbons (Fsp3) is 0.100. The summed E-state index contributed by atoms with van der Waals surface area (Å²) < 4.78 is 8.22. The second-order valence-corrected chi connectivity index (χ2v) is 8.27. The van der Waals surface area contributed by atoms with Crippen LogP contribution in [-0.4, -0.2) is 20.4 Å². The molecule has 0 aliphatic carbocycles. The van der Waals surface area contributed by atoms with Crippen molar-refractivity contribution >= 4 is 49.0 Å². The molecular weight excluding hydrogens is 408 g/mol. The van der Waals surface area contributed by atoms with E-state index in [0.29, 0.717) is 21.7 Å². The van der Waals surface area contributed by atoms with Gasteiger partial charge in [-0.1, -0.05) is 12.1 Å². The van der Waals surface area contributed by atoms with E-state index in [-0.39, 0.29) is 24.6 Å². The van der Waals surface area contributed by atoms with E-state index >= 15 is 0 Å². The number of rotatable bonds is 5. The number of furan rings is 1. The molecule has 144 valence electrons. The molecule has 1 amide bonds. The Labute approximate surface area is 172 Å². The van der Waals surface area contributed by atoms with E-state index in [1.807, 2.05) is 41.8 Å². The van der Waals surface area contributed by atoms with Crippen LogP contribution >= 0.6 is 22.7 Å². The van der Waals surface area contributed by atoms with Gasteiger partial charge in [0, 0.05) is 0 Å². The standard InChI is InChI=1S/C20H14N4O3S2/c25-17(10-24-11-22-18-13(20(24)26)7-8-28-18)21-9-12-5-6-15(27-12)19-23-14-3-1-2-4-16(14)29-19/h1-8,11H,9-10H2,(H,21,25). The highest BCUT2D eigenvalue weighted by atomic mass is 32.1. The molecule has 0 fully saturated rings. The first kappa shape index (κ1) is 17.8. The van der Waals surface area contributed by atoms with E-state index in [4.69, 9.17) is 4.42 Å². The molecule has 0 unspecified atom stereocenters. The molecule has 0 atom stereocenters. The maximum Gasteiger partial charge on any atom is 0.262 e. The molecule has 0 spiro atoms. The molecule has 0 saturated heterocycles. The van der Waals surface area contributed by atoms with Gasteiger partial charge in [0.15, 0.2) is 10.8 Å². The molecule has 4 aromatic heterocycles. The van der Waals surface area contributed by atoms with Crippen molar-refractivity contribution in [3.63, 3.8) is 0 Å². The summed E-state index contributed by atoms with van der Waals surface area (Å²) in [5.74, 6) is 0.992. The van der Waals surface area contributed by atoms with Gasteiger partial charge in [0.05, 0.1) is 28.5 Å². The number of nitrogens with one attached hydrogen (secondary N) is 1. The molecule has 0 radical (unpaired) electrons. The molecule has 5 rings (SSSR count). The van der Waals surface area contributed by atoms with Crippen LogP contribution in [-0.2, 0) is 17.9 Å². The Morgan fingerprint density at radius 1 is 1.17 bits per heavy atom. The normalized spacial score (nSPS) is 11.3. The van der Waals surface area contributed by atoms with Gasteiger partial charge in [0.1, 0.15) is 17.1 Å². The molecule has 0 saturated carbocycles. The Morgan fingerprint density at radius 3 is 2.97 bits per heavy atom. The Kier molecular flexibility index (Phi) is 4.45. The van der Waals surface area contributed by atoms with Crippen molar-refractivity contribution in [3.8, 4) is 10.8 Å². The van der Waals surface area contributed by atoms with E-state index < -0.39 is 0 Å². The Morgan fingerprint density at radius 2 is 2.07 bits per heavy atom. The lowest BCUT2D eigenvalue weighted by atomic mass is 10.3. The van der Waals surface area contributed by atoms with Gasteiger partial charge in [-0.05, 0) is 35.7 Å². The van der Waals surface area contributed by atoms with Gasteiger partial charge in [0.25, 0.3) is 5.56 Å². The van der Waals surface area contributed by atoms with Crippen LogP contribution in [0.15, 0.2) is 63.4 Å². The number of para-hydroxylation sites is 1. The van der Waals surface area contributed by atoms with Crippen molar-refractivity contribution in [2.75, 3.05) is 0 Å². The summed E-state index contributed by atoms with van der Waals surface area (Å²) in [6.45, 7) is 0.135. The predicted molar refractivity (Wildman–Crippen MR) is 113 cm³/mol. The predicted octanol–water partition coefficient (Wildman–Crippen LogP) is 3.64. The van der Waals surface area contributed by atoms with Crippen LogP contribution in [0.5, 0.6) is 0 Å². The second kappa shape index (κ2) is 7.26. The number of amides is 1. The first-order valence-corrected chi connectivity index (χ1v) is 10.5. The van der Waals surface area contributed by atoms with Gasteiger partial charge in [-0.3, -0.25) is 14.2 Å². The third-order valence-electron chi connectivity index (χ3n) is 4.39. The van der Waals surface area contributed by atoms with E-state index in [9.17, 15) is 9.59 Å². The van der Waals surface area contributed by atoms with Crippen molar-refractivity contribution in [2.24, 2.45) is 0 Å². The number of hydrogen-bond donors (Lipinski definition) is 1. The zero-order valence-electron chi connectivity index (χ0n) is 15.0. The number of thiophene rings is 1. The summed E-state index contributed by atoms with van der Waals surface area (Å²) >= 11 is 2.95. The Hall–Kier alpha value is -3.30. The number of carbonyl (C=O) groups is 1. The molecule has 5 aromatic rings. The summed E-state index contributed by atoms with van der Waals surface area (Å²) in [5, 5.41) is 5.90. The third kappa shape index (κ3) is 3.45. The Balaban J connectivity index is 1.26. The number of nitrogens with zero attached hydrogens (tertiary/aromatic N) is 3. The lowest BCUT2D eigenvalue weighted by Gasteiger charge is -2.06. The average molecular weight is 422 g/mol. The van der Waals surface area contributed by atoms with Crippen molar-refractivity contribution in [1.29, 1.82) is 0 Å². The number of carbonyl (C=O) groups excluding carboxylic acids is 1. The van der Waals surface area contributed by atoms with Crippen LogP contribution in [0.25, 0.3) is 31.2 Å². The maximum absolute atomic E-state index is 12.4. The minimum Gasteiger partial charge on any atom is -0.457 e. The fourth-order valence-corrected chi connectivity index (χ4v) is 4.62. The van der Waals surface area contributed by atoms with Gasteiger partial charge in [-0.2, -0.15) is 0 Å². The summed E-state index contributed by atoms with van der Waals surface area (Å²) in [6, 6.07) is 13.3. The molecule has 1 aromatic carbocycles. The maximum atomic E-state index is 12.4. The molecule has 9 heteroatoms. The minimum absolute atomic E-state index is 0.0942. The van der Waals surface area contributed by atoms with Gasteiger partial charge >= 0.3 is 0 Å². The zero-order valence-corrected chi connectivity index (χ0v) is 16.6. The van der Waals surface area contributed by atoms with E-state index in [1.165, 1.54) is 22.2 Å². The number of thiazole rings is 1. The van der Waals surface area contributed by atoms with Crippen molar-refractivity contribution < 1.29 is 9.21 Å². The number of fused-ring (bicyclic) bond motifs is 2. The first-order valence-electron chi connectivity index (χ1n) is 8.81. The van der Waals surface area contributed by atoms with Crippen LogP contribution in [0.4, 0.5) is 0 Å². The number of hydrogen-bond acceptors (Lipinski definition) is 7. The van der Waals surface area contributed by atoms with Crippen molar-refractivity contribution in [3.05, 3.63) is 70.3 Å². The molecule has 0 bridgehead atoms. The highest BCUT2D eigenvalue weighted by Crippen LogP contribution is 2.31. The third-order valence-corrected chi connectivity index (χ3v) is 6.26. The molecule has 29 heavy (non-hydrogen) atoms. The Bertz CT molecular complexity index is 1360. The number of aromatic nitrogens is 3. The first-order chi connectivity index (χ1) is 14.2. The molecule has 0 aliphatic rings. The van der Waals surface area contributed by atoms with E-state index in [2.05, 4.69) is 15.3 Å². The van der Waals surface area contributed by atoms with Crippen LogP contribution in [0, 0.1) is 0 Å². The molecule has 1 N–H and O–H groups in total. The van der Waals surface area contributed by atoms with Crippen molar-refractivity contribution in [1.82, 2.24) is 19.9 Å². The molecule has 0 aliphatic heterocycles. The highest BCUT2D eigenvalue weighted by Gasteiger charge is 2.12. The SMILES string of the molecule is O=C(Cn1cnc2sccc2c1=O)NCc1ccc(-c2nc3ccccc3s2)o1. The summed E-state index contributed by atoms with van der Waals surface area (Å²) in [7, 11) is 0. The average Bonchev–Trinajstić information content (AvgIpc) is 3.47. The van der Waals surface area contributed by atoms with Gasteiger partial charge in [-0.25, -0.2) is 9.97 Å².